The second-order valence-electron chi connectivity index (χ2n) is 4.73. The fourth-order valence-electron chi connectivity index (χ4n) is 1.65. The van der Waals surface area contributed by atoms with Crippen LogP contribution in [0, 0.1) is 5.92 Å². The number of rotatable bonds is 4. The third-order valence-corrected chi connectivity index (χ3v) is 3.23. The van der Waals surface area contributed by atoms with E-state index >= 15 is 0 Å². The highest BCUT2D eigenvalue weighted by Gasteiger charge is 2.27. The van der Waals surface area contributed by atoms with Crippen LogP contribution >= 0.6 is 69.6 Å². The van der Waals surface area contributed by atoms with E-state index in [1.54, 1.807) is 12.2 Å². The maximum atomic E-state index is 11.9. The number of ether oxygens (including phenoxy) is 3. The standard InChI is InChI=1S/C12H13Cl6NO5/c13-11(14,15)6-23-9(20)19-3-1-2-8(4-19)5-22-10(21)24-7-12(16,17)18/h1-2,8H,3-7H2/t8-/m1/s1. The molecule has 0 aromatic heterocycles. The molecule has 1 aliphatic rings. The first kappa shape index (κ1) is 22.1. The SMILES string of the molecule is O=C(OC[C@@H]1C=CCN(C(=O)OCC(Cl)(Cl)Cl)C1)OCC(Cl)(Cl)Cl. The first-order chi connectivity index (χ1) is 11.0. The highest BCUT2D eigenvalue weighted by Crippen LogP contribution is 2.27. The van der Waals surface area contributed by atoms with Gasteiger partial charge >= 0.3 is 12.2 Å². The van der Waals surface area contributed by atoms with E-state index in [1.165, 1.54) is 4.90 Å². The molecule has 0 aromatic carbocycles. The number of carbonyl (C=O) groups excluding carboxylic acids is 2. The lowest BCUT2D eigenvalue weighted by Gasteiger charge is -2.28. The normalized spacial score (nSPS) is 18.2. The van der Waals surface area contributed by atoms with Crippen molar-refractivity contribution in [1.82, 2.24) is 4.90 Å². The Kier molecular flexibility index (Phi) is 8.87. The predicted molar refractivity (Wildman–Crippen MR) is 93.4 cm³/mol. The van der Waals surface area contributed by atoms with Gasteiger partial charge in [-0.2, -0.15) is 0 Å². The molecule has 12 heteroatoms. The van der Waals surface area contributed by atoms with Crippen LogP contribution in [-0.4, -0.2) is 57.6 Å². The molecule has 0 unspecified atom stereocenters. The van der Waals surface area contributed by atoms with Gasteiger partial charge in [0, 0.05) is 19.0 Å². The van der Waals surface area contributed by atoms with Crippen LogP contribution in [0.2, 0.25) is 0 Å². The van der Waals surface area contributed by atoms with E-state index in [2.05, 4.69) is 4.74 Å². The Balaban J connectivity index is 2.35. The van der Waals surface area contributed by atoms with Gasteiger partial charge in [-0.1, -0.05) is 81.8 Å². The van der Waals surface area contributed by atoms with Crippen LogP contribution in [-0.2, 0) is 14.2 Å². The van der Waals surface area contributed by atoms with Crippen molar-refractivity contribution in [3.63, 3.8) is 0 Å². The molecular weight excluding hydrogens is 451 g/mol. The van der Waals surface area contributed by atoms with Crippen LogP contribution in [0.15, 0.2) is 12.2 Å². The molecule has 0 N–H and O–H groups in total. The Morgan fingerprint density at radius 1 is 1.00 bits per heavy atom. The van der Waals surface area contributed by atoms with Crippen molar-refractivity contribution >= 4 is 81.9 Å². The first-order valence-electron chi connectivity index (χ1n) is 6.48. The Hall–Kier alpha value is 0.0200. The summed E-state index contributed by atoms with van der Waals surface area (Å²) in [5, 5.41) is 0. The van der Waals surface area contributed by atoms with Crippen molar-refractivity contribution in [3.05, 3.63) is 12.2 Å². The van der Waals surface area contributed by atoms with Crippen LogP contribution in [0.5, 0.6) is 0 Å². The fraction of sp³-hybridized carbons (Fsp3) is 0.667. The maximum Gasteiger partial charge on any atom is 0.508 e. The quantitative estimate of drug-likeness (QED) is 0.349. The van der Waals surface area contributed by atoms with E-state index in [0.717, 1.165) is 0 Å². The minimum atomic E-state index is -1.72. The number of halogens is 6. The van der Waals surface area contributed by atoms with Gasteiger partial charge in [0.15, 0.2) is 0 Å². The summed E-state index contributed by atoms with van der Waals surface area (Å²) in [7, 11) is 0. The van der Waals surface area contributed by atoms with Crippen LogP contribution in [0.3, 0.4) is 0 Å². The van der Waals surface area contributed by atoms with Crippen LogP contribution in [0.25, 0.3) is 0 Å². The molecule has 1 aliphatic heterocycles. The maximum absolute atomic E-state index is 11.9. The summed E-state index contributed by atoms with van der Waals surface area (Å²) in [5.74, 6) is -0.251. The van der Waals surface area contributed by atoms with Crippen LogP contribution in [0.4, 0.5) is 9.59 Å². The number of amides is 1. The van der Waals surface area contributed by atoms with Gasteiger partial charge in [0.1, 0.15) is 19.8 Å². The minimum absolute atomic E-state index is 0.0244. The first-order valence-corrected chi connectivity index (χ1v) is 8.74. The lowest BCUT2D eigenvalue weighted by Crippen LogP contribution is -2.40. The smallest absolute Gasteiger partial charge is 0.445 e. The summed E-state index contributed by atoms with van der Waals surface area (Å²) in [5.41, 5.74) is 0. The summed E-state index contributed by atoms with van der Waals surface area (Å²) >= 11 is 32.9. The summed E-state index contributed by atoms with van der Waals surface area (Å²) < 4.78 is 11.0. The Morgan fingerprint density at radius 2 is 1.58 bits per heavy atom. The lowest BCUT2D eigenvalue weighted by atomic mass is 10.1. The third kappa shape index (κ3) is 10.1. The molecule has 1 heterocycles. The molecule has 1 rings (SSSR count). The topological polar surface area (TPSA) is 65.1 Å². The Morgan fingerprint density at radius 3 is 2.17 bits per heavy atom. The van der Waals surface area contributed by atoms with E-state index in [9.17, 15) is 9.59 Å². The summed E-state index contributed by atoms with van der Waals surface area (Å²) in [6.45, 7) is -0.253. The Bertz CT molecular complexity index is 476. The van der Waals surface area contributed by atoms with Crippen LogP contribution < -0.4 is 0 Å². The monoisotopic (exact) mass is 461 g/mol. The summed E-state index contributed by atoms with van der Waals surface area (Å²) in [6, 6.07) is 0. The molecule has 138 valence electrons. The van der Waals surface area contributed by atoms with Gasteiger partial charge in [0.05, 0.1) is 0 Å². The largest absolute Gasteiger partial charge is 0.508 e. The molecule has 24 heavy (non-hydrogen) atoms. The molecule has 6 nitrogen and oxygen atoms in total. The van der Waals surface area contributed by atoms with Gasteiger partial charge in [-0.3, -0.25) is 0 Å². The number of carbonyl (C=O) groups is 2. The van der Waals surface area contributed by atoms with Crippen molar-refractivity contribution in [2.45, 2.75) is 7.59 Å². The fourth-order valence-corrected chi connectivity index (χ4v) is 1.98. The zero-order valence-electron chi connectivity index (χ0n) is 12.0. The molecule has 0 spiro atoms. The van der Waals surface area contributed by atoms with E-state index in [4.69, 9.17) is 79.1 Å². The third-order valence-electron chi connectivity index (χ3n) is 2.58. The van der Waals surface area contributed by atoms with Gasteiger partial charge in [0.2, 0.25) is 7.59 Å². The van der Waals surface area contributed by atoms with Crippen LogP contribution in [0.1, 0.15) is 0 Å². The highest BCUT2D eigenvalue weighted by atomic mass is 35.6. The van der Waals surface area contributed by atoms with Crippen molar-refractivity contribution in [2.75, 3.05) is 32.9 Å². The van der Waals surface area contributed by atoms with Crippen molar-refractivity contribution in [2.24, 2.45) is 5.92 Å². The molecule has 0 aliphatic carbocycles. The Labute approximate surface area is 168 Å². The average molecular weight is 464 g/mol. The second-order valence-corrected chi connectivity index (χ2v) is 9.76. The summed E-state index contributed by atoms with van der Waals surface area (Å²) in [6.07, 6.45) is 1.89. The molecule has 1 atom stereocenters. The van der Waals surface area contributed by atoms with Gasteiger partial charge < -0.3 is 19.1 Å². The zero-order valence-corrected chi connectivity index (χ0v) is 16.6. The van der Waals surface area contributed by atoms with Crippen molar-refractivity contribution in [3.8, 4) is 0 Å². The number of hydrogen-bond donors (Lipinski definition) is 0. The van der Waals surface area contributed by atoms with Gasteiger partial charge in [-0.15, -0.1) is 0 Å². The molecule has 1 amide bonds. The lowest BCUT2D eigenvalue weighted by molar-refractivity contribution is 0.0440. The molecule has 0 radical (unpaired) electrons. The molecule has 0 saturated carbocycles. The molecule has 0 fully saturated rings. The number of hydrogen-bond acceptors (Lipinski definition) is 5. The second kappa shape index (κ2) is 9.64. The average Bonchev–Trinajstić information content (AvgIpc) is 2.47. The predicted octanol–water partition coefficient (Wildman–Crippen LogP) is 4.50. The van der Waals surface area contributed by atoms with Gasteiger partial charge in [-0.25, -0.2) is 9.59 Å². The zero-order chi connectivity index (χ0) is 18.4. The van der Waals surface area contributed by atoms with E-state index in [0.29, 0.717) is 6.54 Å². The van der Waals surface area contributed by atoms with E-state index < -0.39 is 26.4 Å². The molecular formula is C12H13Cl6NO5. The van der Waals surface area contributed by atoms with Gasteiger partial charge in [0.25, 0.3) is 0 Å². The summed E-state index contributed by atoms with van der Waals surface area (Å²) in [4.78, 5) is 24.6. The van der Waals surface area contributed by atoms with Gasteiger partial charge in [-0.05, 0) is 0 Å². The molecule has 0 saturated heterocycles. The van der Waals surface area contributed by atoms with Crippen molar-refractivity contribution < 1.29 is 23.8 Å². The van der Waals surface area contributed by atoms with Crippen molar-refractivity contribution in [1.29, 1.82) is 0 Å². The highest BCUT2D eigenvalue weighted by molar-refractivity contribution is 6.68. The molecule has 0 bridgehead atoms. The number of nitrogens with zero attached hydrogens (tertiary/aromatic N) is 1. The number of alkyl halides is 6. The van der Waals surface area contributed by atoms with E-state index in [-0.39, 0.29) is 25.7 Å². The van der Waals surface area contributed by atoms with E-state index in [1.807, 2.05) is 0 Å². The molecule has 0 aromatic rings. The minimum Gasteiger partial charge on any atom is -0.445 e.